The fourth-order valence-electron chi connectivity index (χ4n) is 2.13. The van der Waals surface area contributed by atoms with Crippen molar-refractivity contribution in [2.24, 2.45) is 0 Å². The summed E-state index contributed by atoms with van der Waals surface area (Å²) in [5.74, 6) is 0. The minimum absolute atomic E-state index is 0.617. The van der Waals surface area contributed by atoms with Crippen LogP contribution in [-0.4, -0.2) is 22.6 Å². The molecule has 1 unspecified atom stereocenters. The highest BCUT2D eigenvalue weighted by molar-refractivity contribution is 5.22. The number of piperidine rings is 1. The van der Waals surface area contributed by atoms with Crippen LogP contribution in [0, 0.1) is 13.8 Å². The molecule has 0 amide bonds. The molecule has 0 aliphatic carbocycles. The van der Waals surface area contributed by atoms with Crippen molar-refractivity contribution >= 4 is 0 Å². The van der Waals surface area contributed by atoms with E-state index >= 15 is 0 Å². The maximum absolute atomic E-state index is 4.38. The van der Waals surface area contributed by atoms with Gasteiger partial charge in [0.15, 0.2) is 0 Å². The summed E-state index contributed by atoms with van der Waals surface area (Å²) in [6.45, 7) is 5.33. The van der Waals surface area contributed by atoms with Crippen molar-refractivity contribution in [1.82, 2.24) is 15.3 Å². The minimum atomic E-state index is 0.617. The molecule has 0 spiro atoms. The van der Waals surface area contributed by atoms with E-state index < -0.39 is 0 Å². The lowest BCUT2D eigenvalue weighted by atomic mass is 9.98. The summed E-state index contributed by atoms with van der Waals surface area (Å²) < 4.78 is 0. The van der Waals surface area contributed by atoms with E-state index in [1.54, 1.807) is 6.33 Å². The second kappa shape index (κ2) is 4.71. The number of nitrogens with one attached hydrogen (secondary N) is 1. The predicted molar refractivity (Wildman–Crippen MR) is 60.9 cm³/mol. The van der Waals surface area contributed by atoms with Gasteiger partial charge in [-0.05, 0) is 38.8 Å². The van der Waals surface area contributed by atoms with Gasteiger partial charge in [0.05, 0.1) is 0 Å². The van der Waals surface area contributed by atoms with Crippen LogP contribution in [0.3, 0.4) is 0 Å². The van der Waals surface area contributed by atoms with E-state index in [0.29, 0.717) is 6.04 Å². The van der Waals surface area contributed by atoms with Gasteiger partial charge in [0, 0.05) is 23.9 Å². The standard InChI is InChI=1S/C12H19N3/c1-9-10(2)14-8-15-12(9)7-11-5-3-4-6-13-11/h8,11,13H,3-7H2,1-2H3. The molecular formula is C12H19N3. The van der Waals surface area contributed by atoms with E-state index in [1.165, 1.54) is 30.5 Å². The summed E-state index contributed by atoms with van der Waals surface area (Å²) in [6, 6.07) is 0.617. The van der Waals surface area contributed by atoms with E-state index in [4.69, 9.17) is 0 Å². The van der Waals surface area contributed by atoms with Crippen LogP contribution in [0.15, 0.2) is 6.33 Å². The first-order valence-corrected chi connectivity index (χ1v) is 5.78. The third kappa shape index (κ3) is 2.53. The second-order valence-electron chi connectivity index (χ2n) is 4.38. The Hall–Kier alpha value is -0.960. The van der Waals surface area contributed by atoms with Gasteiger partial charge in [0.25, 0.3) is 0 Å². The Balaban J connectivity index is 2.06. The first-order valence-electron chi connectivity index (χ1n) is 5.78. The van der Waals surface area contributed by atoms with Crippen molar-refractivity contribution in [1.29, 1.82) is 0 Å². The Bertz CT molecular complexity index is 330. The molecule has 1 aliphatic rings. The Morgan fingerprint density at radius 1 is 1.33 bits per heavy atom. The van der Waals surface area contributed by atoms with Crippen molar-refractivity contribution in [3.63, 3.8) is 0 Å². The summed E-state index contributed by atoms with van der Waals surface area (Å²) in [6.07, 6.45) is 6.68. The number of rotatable bonds is 2. The van der Waals surface area contributed by atoms with E-state index in [0.717, 1.165) is 18.7 Å². The summed E-state index contributed by atoms with van der Waals surface area (Å²) in [5, 5.41) is 3.55. The molecule has 0 saturated carbocycles. The largest absolute Gasteiger partial charge is 0.314 e. The Kier molecular flexibility index (Phi) is 3.31. The Labute approximate surface area is 91.3 Å². The molecule has 1 saturated heterocycles. The van der Waals surface area contributed by atoms with Crippen LogP contribution in [0.2, 0.25) is 0 Å². The lowest BCUT2D eigenvalue weighted by molar-refractivity contribution is 0.396. The van der Waals surface area contributed by atoms with Crippen LogP contribution in [0.25, 0.3) is 0 Å². The summed E-state index contributed by atoms with van der Waals surface area (Å²) in [4.78, 5) is 8.58. The average molecular weight is 205 g/mol. The van der Waals surface area contributed by atoms with Crippen LogP contribution < -0.4 is 5.32 Å². The van der Waals surface area contributed by atoms with Crippen molar-refractivity contribution in [2.75, 3.05) is 6.54 Å². The first-order chi connectivity index (χ1) is 7.27. The molecule has 1 atom stereocenters. The average Bonchev–Trinajstić information content (AvgIpc) is 2.26. The van der Waals surface area contributed by atoms with Gasteiger partial charge in [-0.1, -0.05) is 6.42 Å². The number of hydrogen-bond donors (Lipinski definition) is 1. The summed E-state index contributed by atoms with van der Waals surface area (Å²) in [7, 11) is 0. The lowest BCUT2D eigenvalue weighted by Crippen LogP contribution is -2.36. The van der Waals surface area contributed by atoms with Gasteiger partial charge < -0.3 is 5.32 Å². The molecule has 1 aliphatic heterocycles. The molecule has 2 rings (SSSR count). The van der Waals surface area contributed by atoms with Crippen molar-refractivity contribution < 1.29 is 0 Å². The monoisotopic (exact) mass is 205 g/mol. The van der Waals surface area contributed by atoms with Gasteiger partial charge in [0.2, 0.25) is 0 Å². The van der Waals surface area contributed by atoms with Crippen LogP contribution in [0.4, 0.5) is 0 Å². The Morgan fingerprint density at radius 3 is 2.93 bits per heavy atom. The normalized spacial score (nSPS) is 21.6. The second-order valence-corrected chi connectivity index (χ2v) is 4.38. The molecule has 1 aromatic heterocycles. The van der Waals surface area contributed by atoms with Gasteiger partial charge >= 0.3 is 0 Å². The van der Waals surface area contributed by atoms with Crippen molar-refractivity contribution in [2.45, 2.75) is 45.6 Å². The molecular weight excluding hydrogens is 186 g/mol. The SMILES string of the molecule is Cc1ncnc(CC2CCCCN2)c1C. The van der Waals surface area contributed by atoms with E-state index in [1.807, 2.05) is 0 Å². The number of nitrogens with zero attached hydrogens (tertiary/aromatic N) is 2. The molecule has 1 N–H and O–H groups in total. The molecule has 15 heavy (non-hydrogen) atoms. The summed E-state index contributed by atoms with van der Waals surface area (Å²) >= 11 is 0. The highest BCUT2D eigenvalue weighted by Crippen LogP contribution is 2.14. The maximum atomic E-state index is 4.38. The number of hydrogen-bond acceptors (Lipinski definition) is 3. The topological polar surface area (TPSA) is 37.8 Å². The van der Waals surface area contributed by atoms with Crippen LogP contribution >= 0.6 is 0 Å². The van der Waals surface area contributed by atoms with Crippen LogP contribution in [-0.2, 0) is 6.42 Å². The van der Waals surface area contributed by atoms with Gasteiger partial charge in [-0.15, -0.1) is 0 Å². The third-order valence-electron chi connectivity index (χ3n) is 3.29. The first kappa shape index (κ1) is 10.6. The third-order valence-corrected chi connectivity index (χ3v) is 3.29. The lowest BCUT2D eigenvalue weighted by Gasteiger charge is -2.23. The van der Waals surface area contributed by atoms with Crippen LogP contribution in [0.1, 0.15) is 36.2 Å². The van der Waals surface area contributed by atoms with Gasteiger partial charge in [0.1, 0.15) is 6.33 Å². The minimum Gasteiger partial charge on any atom is -0.314 e. The molecule has 0 aromatic carbocycles. The van der Waals surface area contributed by atoms with E-state index in [-0.39, 0.29) is 0 Å². The molecule has 0 radical (unpaired) electrons. The van der Waals surface area contributed by atoms with Gasteiger partial charge in [-0.25, -0.2) is 9.97 Å². The smallest absolute Gasteiger partial charge is 0.115 e. The molecule has 0 bridgehead atoms. The molecule has 1 aromatic rings. The molecule has 2 heterocycles. The summed E-state index contributed by atoms with van der Waals surface area (Å²) in [5.41, 5.74) is 3.57. The van der Waals surface area contributed by atoms with E-state index in [9.17, 15) is 0 Å². The van der Waals surface area contributed by atoms with Crippen molar-refractivity contribution in [3.05, 3.63) is 23.3 Å². The molecule has 3 nitrogen and oxygen atoms in total. The van der Waals surface area contributed by atoms with Gasteiger partial charge in [-0.3, -0.25) is 0 Å². The molecule has 1 fully saturated rings. The Morgan fingerprint density at radius 2 is 2.20 bits per heavy atom. The zero-order valence-corrected chi connectivity index (χ0v) is 9.58. The zero-order valence-electron chi connectivity index (χ0n) is 9.58. The fourth-order valence-corrected chi connectivity index (χ4v) is 2.13. The highest BCUT2D eigenvalue weighted by Gasteiger charge is 2.15. The predicted octanol–water partition coefficient (Wildman–Crippen LogP) is 1.78. The number of aromatic nitrogens is 2. The highest BCUT2D eigenvalue weighted by atomic mass is 14.9. The maximum Gasteiger partial charge on any atom is 0.115 e. The molecule has 3 heteroatoms. The zero-order chi connectivity index (χ0) is 10.7. The quantitative estimate of drug-likeness (QED) is 0.799. The fraction of sp³-hybridized carbons (Fsp3) is 0.667. The van der Waals surface area contributed by atoms with Crippen molar-refractivity contribution in [3.8, 4) is 0 Å². The van der Waals surface area contributed by atoms with Crippen LogP contribution in [0.5, 0.6) is 0 Å². The molecule has 82 valence electrons. The van der Waals surface area contributed by atoms with E-state index in [2.05, 4.69) is 29.1 Å². The van der Waals surface area contributed by atoms with Gasteiger partial charge in [-0.2, -0.15) is 0 Å². The number of aryl methyl sites for hydroxylation is 1.